The minimum atomic E-state index is 0.601. The monoisotopic (exact) mass is 664 g/mol. The molecule has 1 heterocycles. The van der Waals surface area contributed by atoms with E-state index in [9.17, 15) is 0 Å². The summed E-state index contributed by atoms with van der Waals surface area (Å²) in [7, 11) is 0. The summed E-state index contributed by atoms with van der Waals surface area (Å²) in [4.78, 5) is 7.54. The first-order valence-corrected chi connectivity index (χ1v) is 17.6. The van der Waals surface area contributed by atoms with Gasteiger partial charge in [0.15, 0.2) is 5.58 Å². The molecule has 0 fully saturated rings. The minimum absolute atomic E-state index is 0.601. The van der Waals surface area contributed by atoms with Crippen molar-refractivity contribution >= 4 is 60.5 Å². The average Bonchev–Trinajstić information content (AvgIpc) is 3.68. The Morgan fingerprint density at radius 1 is 0.385 bits per heavy atom. The standard InChI is InChI=1S/C49H32N2O/c1-2-14-36(15-3-1)49-50-47-46(32-40-17-7-9-22-45(40)48(47)52-49)51(41-28-26-34(27-29-41)38-25-24-33-12-4-5-16-37(33)30-38)42-20-10-19-39(31-42)44-23-11-18-35-13-6-8-21-43(35)44/h1-32H. The zero-order chi connectivity index (χ0) is 34.4. The molecule has 10 rings (SSSR count). The van der Waals surface area contributed by atoms with Crippen molar-refractivity contribution < 1.29 is 4.42 Å². The second kappa shape index (κ2) is 12.4. The molecule has 1 aromatic heterocycles. The molecule has 10 aromatic rings. The molecule has 0 radical (unpaired) electrons. The fraction of sp³-hybridized carbons (Fsp3) is 0. The van der Waals surface area contributed by atoms with Crippen molar-refractivity contribution in [2.75, 3.05) is 4.90 Å². The van der Waals surface area contributed by atoms with Gasteiger partial charge in [-0.25, -0.2) is 4.98 Å². The summed E-state index contributed by atoms with van der Waals surface area (Å²) >= 11 is 0. The fourth-order valence-electron chi connectivity index (χ4n) is 7.48. The number of anilines is 3. The van der Waals surface area contributed by atoms with Gasteiger partial charge in [0.2, 0.25) is 5.89 Å². The van der Waals surface area contributed by atoms with E-state index >= 15 is 0 Å². The molecule has 3 nitrogen and oxygen atoms in total. The van der Waals surface area contributed by atoms with Gasteiger partial charge in [-0.05, 0) is 97.7 Å². The lowest BCUT2D eigenvalue weighted by Crippen LogP contribution is -2.11. The van der Waals surface area contributed by atoms with E-state index in [0.29, 0.717) is 5.89 Å². The highest BCUT2D eigenvalue weighted by atomic mass is 16.3. The van der Waals surface area contributed by atoms with Gasteiger partial charge in [-0.3, -0.25) is 0 Å². The smallest absolute Gasteiger partial charge is 0.227 e. The highest BCUT2D eigenvalue weighted by Gasteiger charge is 2.22. The largest absolute Gasteiger partial charge is 0.435 e. The van der Waals surface area contributed by atoms with Crippen LogP contribution in [0.15, 0.2) is 199 Å². The van der Waals surface area contributed by atoms with E-state index in [1.165, 1.54) is 32.7 Å². The van der Waals surface area contributed by atoms with Gasteiger partial charge >= 0.3 is 0 Å². The van der Waals surface area contributed by atoms with Crippen molar-refractivity contribution in [3.8, 4) is 33.7 Å². The molecule has 0 aliphatic heterocycles. The number of rotatable bonds is 6. The summed E-state index contributed by atoms with van der Waals surface area (Å²) in [5.74, 6) is 0.601. The molecule has 52 heavy (non-hydrogen) atoms. The summed E-state index contributed by atoms with van der Waals surface area (Å²) in [5.41, 5.74) is 10.2. The predicted octanol–water partition coefficient (Wildman–Crippen LogP) is 13.8. The number of oxazole rings is 1. The first kappa shape index (κ1) is 29.9. The number of fused-ring (bicyclic) bond motifs is 5. The van der Waals surface area contributed by atoms with Crippen LogP contribution in [0.1, 0.15) is 0 Å². The van der Waals surface area contributed by atoms with Crippen LogP contribution in [0.3, 0.4) is 0 Å². The zero-order valence-electron chi connectivity index (χ0n) is 28.3. The van der Waals surface area contributed by atoms with E-state index in [0.717, 1.165) is 55.6 Å². The Morgan fingerprint density at radius 3 is 1.88 bits per heavy atom. The Bertz CT molecular complexity index is 2900. The SMILES string of the molecule is c1ccc(-c2nc3c(N(c4ccc(-c5ccc6ccccc6c5)cc4)c4cccc(-c5cccc6ccccc56)c4)cc4ccccc4c3o2)cc1. The Morgan fingerprint density at radius 2 is 1.04 bits per heavy atom. The van der Waals surface area contributed by atoms with Crippen LogP contribution < -0.4 is 4.90 Å². The molecule has 0 bridgehead atoms. The Labute approximate surface area is 301 Å². The average molecular weight is 665 g/mol. The molecule has 0 spiro atoms. The van der Waals surface area contributed by atoms with E-state index in [4.69, 9.17) is 9.40 Å². The van der Waals surface area contributed by atoms with Gasteiger partial charge in [0.05, 0.1) is 5.69 Å². The van der Waals surface area contributed by atoms with Crippen LogP contribution in [-0.4, -0.2) is 4.98 Å². The molecular weight excluding hydrogens is 633 g/mol. The molecule has 3 heteroatoms. The molecule has 9 aromatic carbocycles. The van der Waals surface area contributed by atoms with Crippen LogP contribution in [-0.2, 0) is 0 Å². The second-order valence-electron chi connectivity index (χ2n) is 13.2. The molecule has 0 N–H and O–H groups in total. The first-order chi connectivity index (χ1) is 25.8. The fourth-order valence-corrected chi connectivity index (χ4v) is 7.48. The lowest BCUT2D eigenvalue weighted by atomic mass is 9.97. The van der Waals surface area contributed by atoms with Crippen molar-refractivity contribution in [3.05, 3.63) is 194 Å². The molecular formula is C49H32N2O. The summed E-state index contributed by atoms with van der Waals surface area (Å²) in [6, 6.07) is 68.8. The summed E-state index contributed by atoms with van der Waals surface area (Å²) in [6.45, 7) is 0. The van der Waals surface area contributed by atoms with Crippen molar-refractivity contribution in [2.45, 2.75) is 0 Å². The molecule has 0 amide bonds. The summed E-state index contributed by atoms with van der Waals surface area (Å²) in [5, 5.41) is 7.04. The second-order valence-corrected chi connectivity index (χ2v) is 13.2. The van der Waals surface area contributed by atoms with Crippen molar-refractivity contribution in [3.63, 3.8) is 0 Å². The third-order valence-electron chi connectivity index (χ3n) is 10.0. The first-order valence-electron chi connectivity index (χ1n) is 17.6. The minimum Gasteiger partial charge on any atom is -0.435 e. The van der Waals surface area contributed by atoms with E-state index < -0.39 is 0 Å². The van der Waals surface area contributed by atoms with Crippen LogP contribution in [0.4, 0.5) is 17.1 Å². The lowest BCUT2D eigenvalue weighted by Gasteiger charge is -2.27. The number of hydrogen-bond acceptors (Lipinski definition) is 3. The molecule has 0 saturated carbocycles. The van der Waals surface area contributed by atoms with Gasteiger partial charge in [-0.2, -0.15) is 0 Å². The maximum atomic E-state index is 6.65. The van der Waals surface area contributed by atoms with Gasteiger partial charge < -0.3 is 9.32 Å². The van der Waals surface area contributed by atoms with Crippen LogP contribution in [0.2, 0.25) is 0 Å². The van der Waals surface area contributed by atoms with Gasteiger partial charge in [-0.1, -0.05) is 146 Å². The topological polar surface area (TPSA) is 29.3 Å². The lowest BCUT2D eigenvalue weighted by molar-refractivity contribution is 0.623. The van der Waals surface area contributed by atoms with Crippen molar-refractivity contribution in [1.29, 1.82) is 0 Å². The highest BCUT2D eigenvalue weighted by Crippen LogP contribution is 2.44. The van der Waals surface area contributed by atoms with Crippen LogP contribution >= 0.6 is 0 Å². The van der Waals surface area contributed by atoms with Crippen LogP contribution in [0, 0.1) is 0 Å². The summed E-state index contributed by atoms with van der Waals surface area (Å²) < 4.78 is 6.65. The van der Waals surface area contributed by atoms with Crippen molar-refractivity contribution in [2.24, 2.45) is 0 Å². The maximum absolute atomic E-state index is 6.65. The Balaban J connectivity index is 1.19. The van der Waals surface area contributed by atoms with E-state index in [1.807, 2.05) is 30.3 Å². The third-order valence-corrected chi connectivity index (χ3v) is 10.0. The van der Waals surface area contributed by atoms with Gasteiger partial charge in [-0.15, -0.1) is 0 Å². The molecule has 0 unspecified atom stereocenters. The predicted molar refractivity (Wildman–Crippen MR) is 218 cm³/mol. The maximum Gasteiger partial charge on any atom is 0.227 e. The molecule has 0 atom stereocenters. The van der Waals surface area contributed by atoms with Gasteiger partial charge in [0, 0.05) is 22.3 Å². The number of benzene rings is 9. The van der Waals surface area contributed by atoms with Crippen LogP contribution in [0.5, 0.6) is 0 Å². The summed E-state index contributed by atoms with van der Waals surface area (Å²) in [6.07, 6.45) is 0. The molecule has 244 valence electrons. The highest BCUT2D eigenvalue weighted by molar-refractivity contribution is 6.11. The number of aromatic nitrogens is 1. The van der Waals surface area contributed by atoms with E-state index in [1.54, 1.807) is 0 Å². The molecule has 0 aliphatic carbocycles. The van der Waals surface area contributed by atoms with Crippen LogP contribution in [0.25, 0.3) is 77.1 Å². The normalized spacial score (nSPS) is 11.5. The quantitative estimate of drug-likeness (QED) is 0.177. The Hall–Kier alpha value is -6.97. The number of hydrogen-bond donors (Lipinski definition) is 0. The molecule has 0 saturated heterocycles. The van der Waals surface area contributed by atoms with E-state index in [2.05, 4.69) is 169 Å². The Kier molecular flexibility index (Phi) is 7.14. The van der Waals surface area contributed by atoms with Gasteiger partial charge in [0.25, 0.3) is 0 Å². The molecule has 0 aliphatic rings. The zero-order valence-corrected chi connectivity index (χ0v) is 28.3. The van der Waals surface area contributed by atoms with Crippen molar-refractivity contribution in [1.82, 2.24) is 4.98 Å². The third kappa shape index (κ3) is 5.19. The van der Waals surface area contributed by atoms with Gasteiger partial charge in [0.1, 0.15) is 5.52 Å². The van der Waals surface area contributed by atoms with E-state index in [-0.39, 0.29) is 0 Å². The number of nitrogens with zero attached hydrogens (tertiary/aromatic N) is 2.